The zero-order valence-electron chi connectivity index (χ0n) is 18.2. The van der Waals surface area contributed by atoms with E-state index in [9.17, 15) is 4.79 Å². The predicted octanol–water partition coefficient (Wildman–Crippen LogP) is 5.48. The van der Waals surface area contributed by atoms with Crippen molar-refractivity contribution in [1.29, 1.82) is 0 Å². The molecule has 7 nitrogen and oxygen atoms in total. The van der Waals surface area contributed by atoms with E-state index in [-0.39, 0.29) is 12.1 Å². The van der Waals surface area contributed by atoms with Gasteiger partial charge in [-0.2, -0.15) is 0 Å². The predicted molar refractivity (Wildman–Crippen MR) is 127 cm³/mol. The Morgan fingerprint density at radius 2 is 1.90 bits per heavy atom. The molecule has 0 bridgehead atoms. The first-order valence-electron chi connectivity index (χ1n) is 10.6. The summed E-state index contributed by atoms with van der Waals surface area (Å²) in [4.78, 5) is 29.9. The molecule has 1 fully saturated rings. The van der Waals surface area contributed by atoms with Crippen LogP contribution in [-0.4, -0.2) is 27.0 Å². The summed E-state index contributed by atoms with van der Waals surface area (Å²) in [5, 5.41) is 3.58. The highest BCUT2D eigenvalue weighted by molar-refractivity contribution is 7.15. The number of amides is 2. The van der Waals surface area contributed by atoms with Crippen molar-refractivity contribution in [2.45, 2.75) is 58.9 Å². The van der Waals surface area contributed by atoms with Crippen molar-refractivity contribution in [2.75, 3.05) is 16.0 Å². The van der Waals surface area contributed by atoms with E-state index in [1.54, 1.807) is 11.1 Å². The van der Waals surface area contributed by atoms with Crippen molar-refractivity contribution >= 4 is 34.0 Å². The van der Waals surface area contributed by atoms with Gasteiger partial charge in [-0.1, -0.05) is 19.3 Å². The number of nitrogen functional groups attached to an aromatic ring is 1. The number of nitrogens with two attached hydrogens (primary N) is 1. The van der Waals surface area contributed by atoms with Crippen molar-refractivity contribution in [3.05, 3.63) is 46.7 Å². The van der Waals surface area contributed by atoms with Gasteiger partial charge in [-0.05, 0) is 57.4 Å². The average Bonchev–Trinajstić information content (AvgIpc) is 3.07. The molecule has 0 saturated heterocycles. The fourth-order valence-corrected chi connectivity index (χ4v) is 4.76. The zero-order chi connectivity index (χ0) is 22.0. The van der Waals surface area contributed by atoms with Crippen LogP contribution in [0.25, 0.3) is 11.3 Å². The first-order chi connectivity index (χ1) is 14.9. The van der Waals surface area contributed by atoms with Crippen LogP contribution in [0.15, 0.2) is 30.6 Å². The van der Waals surface area contributed by atoms with E-state index >= 15 is 0 Å². The summed E-state index contributed by atoms with van der Waals surface area (Å²) in [6.07, 6.45) is 8.82. The number of anilines is 3. The first-order valence-corrected chi connectivity index (χ1v) is 11.5. The molecule has 3 N–H and O–H groups in total. The molecule has 2 amide bonds. The van der Waals surface area contributed by atoms with E-state index < -0.39 is 0 Å². The largest absolute Gasteiger partial charge is 0.396 e. The Morgan fingerprint density at radius 1 is 1.13 bits per heavy atom. The second kappa shape index (κ2) is 9.01. The number of carbonyl (C=O) groups is 1. The maximum absolute atomic E-state index is 13.5. The fraction of sp³-hybridized carbons (Fsp3) is 0.391. The number of pyridine rings is 2. The minimum absolute atomic E-state index is 0.0524. The molecule has 3 aromatic rings. The molecule has 0 aliphatic heterocycles. The van der Waals surface area contributed by atoms with Crippen LogP contribution in [0.5, 0.6) is 0 Å². The molecule has 0 atom stereocenters. The lowest BCUT2D eigenvalue weighted by Crippen LogP contribution is -2.45. The van der Waals surface area contributed by atoms with Gasteiger partial charge in [0.1, 0.15) is 0 Å². The molecule has 0 unspecified atom stereocenters. The van der Waals surface area contributed by atoms with Crippen molar-refractivity contribution in [2.24, 2.45) is 0 Å². The van der Waals surface area contributed by atoms with Crippen LogP contribution < -0.4 is 16.0 Å². The Balaban J connectivity index is 1.72. The lowest BCUT2D eigenvalue weighted by molar-refractivity contribution is 0.252. The lowest BCUT2D eigenvalue weighted by atomic mass is 9.94. The number of nitrogens with zero attached hydrogens (tertiary/aromatic N) is 4. The van der Waals surface area contributed by atoms with Gasteiger partial charge in [0, 0.05) is 28.9 Å². The number of rotatable bonds is 4. The number of nitrogens with one attached hydrogen (secondary N) is 1. The van der Waals surface area contributed by atoms with Gasteiger partial charge in [0.15, 0.2) is 10.9 Å². The molecule has 1 saturated carbocycles. The molecule has 31 heavy (non-hydrogen) atoms. The molecule has 8 heteroatoms. The molecule has 0 aromatic carbocycles. The van der Waals surface area contributed by atoms with Crippen LogP contribution in [-0.2, 0) is 0 Å². The Morgan fingerprint density at radius 3 is 2.58 bits per heavy atom. The van der Waals surface area contributed by atoms with E-state index in [1.807, 2.05) is 45.2 Å². The Hall–Kier alpha value is -3.00. The van der Waals surface area contributed by atoms with E-state index in [0.29, 0.717) is 16.6 Å². The van der Waals surface area contributed by atoms with Crippen molar-refractivity contribution in [1.82, 2.24) is 15.0 Å². The fourth-order valence-electron chi connectivity index (χ4n) is 3.96. The van der Waals surface area contributed by atoms with Crippen LogP contribution in [0.3, 0.4) is 0 Å². The molecule has 3 aromatic heterocycles. The lowest BCUT2D eigenvalue weighted by Gasteiger charge is -2.34. The van der Waals surface area contributed by atoms with Crippen LogP contribution in [0.1, 0.15) is 48.2 Å². The third kappa shape index (κ3) is 4.69. The normalized spacial score (nSPS) is 14.4. The summed E-state index contributed by atoms with van der Waals surface area (Å²) in [5.41, 5.74) is 10.5. The van der Waals surface area contributed by atoms with Crippen LogP contribution in [0.2, 0.25) is 0 Å². The quantitative estimate of drug-likeness (QED) is 0.564. The van der Waals surface area contributed by atoms with E-state index in [2.05, 4.69) is 15.3 Å². The van der Waals surface area contributed by atoms with E-state index in [4.69, 9.17) is 10.7 Å². The zero-order valence-corrected chi connectivity index (χ0v) is 19.0. The Kier molecular flexibility index (Phi) is 6.18. The number of carbonyl (C=O) groups excluding carboxylic acids is 1. The second-order valence-electron chi connectivity index (χ2n) is 8.11. The number of aromatic nitrogens is 3. The Bertz CT molecular complexity index is 1070. The van der Waals surface area contributed by atoms with Gasteiger partial charge in [-0.3, -0.25) is 15.2 Å². The third-order valence-electron chi connectivity index (χ3n) is 5.71. The summed E-state index contributed by atoms with van der Waals surface area (Å²) in [7, 11) is 0. The molecular formula is C23H28N6OS. The monoisotopic (exact) mass is 436 g/mol. The molecule has 162 valence electrons. The smallest absolute Gasteiger partial charge is 0.329 e. The highest BCUT2D eigenvalue weighted by Gasteiger charge is 2.30. The van der Waals surface area contributed by atoms with Crippen molar-refractivity contribution in [3.8, 4) is 11.3 Å². The number of urea groups is 1. The van der Waals surface area contributed by atoms with Gasteiger partial charge in [0.25, 0.3) is 0 Å². The number of aryl methyl sites for hydroxylation is 3. The van der Waals surface area contributed by atoms with E-state index in [1.165, 1.54) is 17.8 Å². The third-order valence-corrected chi connectivity index (χ3v) is 6.69. The minimum Gasteiger partial charge on any atom is -0.396 e. The van der Waals surface area contributed by atoms with Gasteiger partial charge in [-0.25, -0.2) is 14.8 Å². The van der Waals surface area contributed by atoms with Crippen LogP contribution >= 0.6 is 11.3 Å². The highest BCUT2D eigenvalue weighted by atomic mass is 32.1. The number of hydrogen-bond donors (Lipinski definition) is 2. The van der Waals surface area contributed by atoms with Crippen molar-refractivity contribution < 1.29 is 4.79 Å². The van der Waals surface area contributed by atoms with Crippen LogP contribution in [0, 0.1) is 20.8 Å². The highest BCUT2D eigenvalue weighted by Crippen LogP contribution is 2.33. The summed E-state index contributed by atoms with van der Waals surface area (Å²) in [6, 6.07) is 5.54. The van der Waals surface area contributed by atoms with Gasteiger partial charge < -0.3 is 5.73 Å². The minimum atomic E-state index is -0.237. The maximum Gasteiger partial charge on any atom is 0.329 e. The summed E-state index contributed by atoms with van der Waals surface area (Å²) in [5.74, 6) is 0.494. The van der Waals surface area contributed by atoms with E-state index in [0.717, 1.165) is 53.1 Å². The van der Waals surface area contributed by atoms with Gasteiger partial charge >= 0.3 is 6.03 Å². The standard InChI is InChI=1S/C23H28N6OS/c1-14-11-17(13-25-12-14)20-10-9-19(24)21(27-20)29(18-7-5-4-6-8-18)23(30)28-22-26-15(2)16(3)31-22/h9-13,18H,4-8,24H2,1-3H3,(H,26,28,30). The second-order valence-corrected chi connectivity index (χ2v) is 9.32. The number of thiazole rings is 1. The summed E-state index contributed by atoms with van der Waals surface area (Å²) < 4.78 is 0. The van der Waals surface area contributed by atoms with Crippen LogP contribution in [0.4, 0.5) is 21.4 Å². The first kappa shape index (κ1) is 21.2. The SMILES string of the molecule is Cc1cncc(-c2ccc(N)c(N(C(=O)Nc3nc(C)c(C)s3)C3CCCCC3)n2)c1. The summed E-state index contributed by atoms with van der Waals surface area (Å²) >= 11 is 1.48. The van der Waals surface area contributed by atoms with Gasteiger partial charge in [0.05, 0.1) is 17.1 Å². The molecule has 1 aliphatic carbocycles. The molecule has 1 aliphatic rings. The average molecular weight is 437 g/mol. The topological polar surface area (TPSA) is 97.0 Å². The van der Waals surface area contributed by atoms with Gasteiger partial charge in [0.2, 0.25) is 0 Å². The Labute approximate surface area is 186 Å². The molecule has 0 spiro atoms. The summed E-state index contributed by atoms with van der Waals surface area (Å²) in [6.45, 7) is 5.94. The molecule has 0 radical (unpaired) electrons. The van der Waals surface area contributed by atoms with Crippen molar-refractivity contribution in [3.63, 3.8) is 0 Å². The molecule has 4 rings (SSSR count). The molecular weight excluding hydrogens is 408 g/mol. The van der Waals surface area contributed by atoms with Gasteiger partial charge in [-0.15, -0.1) is 11.3 Å². The maximum atomic E-state index is 13.5. The molecule has 3 heterocycles. The number of hydrogen-bond acceptors (Lipinski definition) is 6.